The molecule has 0 heterocycles. The molecule has 1 aromatic carbocycles. The average molecular weight is 253 g/mol. The minimum atomic E-state index is -0.774. The predicted molar refractivity (Wildman–Crippen MR) is 69.5 cm³/mol. The third-order valence-electron chi connectivity index (χ3n) is 2.71. The van der Waals surface area contributed by atoms with Crippen molar-refractivity contribution in [2.75, 3.05) is 26.1 Å². The molecule has 1 rings (SSSR count). The lowest BCUT2D eigenvalue weighted by Crippen LogP contribution is -2.14. The number of benzene rings is 1. The van der Waals surface area contributed by atoms with Crippen molar-refractivity contribution in [2.24, 2.45) is 5.92 Å². The van der Waals surface area contributed by atoms with Crippen LogP contribution in [0.15, 0.2) is 18.2 Å². The zero-order valence-corrected chi connectivity index (χ0v) is 10.9. The second-order valence-corrected chi connectivity index (χ2v) is 4.02. The molecule has 0 bridgehead atoms. The monoisotopic (exact) mass is 253 g/mol. The van der Waals surface area contributed by atoms with E-state index in [1.807, 2.05) is 18.2 Å². The number of nitrogens with one attached hydrogen (secondary N) is 1. The van der Waals surface area contributed by atoms with E-state index in [9.17, 15) is 4.79 Å². The number of hydrogen-bond acceptors (Lipinski definition) is 4. The van der Waals surface area contributed by atoms with Gasteiger partial charge in [0.1, 0.15) is 0 Å². The van der Waals surface area contributed by atoms with Crippen molar-refractivity contribution in [1.82, 2.24) is 0 Å². The molecule has 0 aliphatic heterocycles. The van der Waals surface area contributed by atoms with Gasteiger partial charge in [-0.2, -0.15) is 0 Å². The molecular formula is C13H19NO4. The molecule has 100 valence electrons. The van der Waals surface area contributed by atoms with Crippen LogP contribution in [0.3, 0.4) is 0 Å². The number of methoxy groups -OCH3 is 2. The highest BCUT2D eigenvalue weighted by molar-refractivity contribution is 5.69. The molecule has 0 spiro atoms. The van der Waals surface area contributed by atoms with Gasteiger partial charge in [-0.3, -0.25) is 4.79 Å². The molecule has 0 aromatic heterocycles. The van der Waals surface area contributed by atoms with E-state index in [4.69, 9.17) is 14.6 Å². The van der Waals surface area contributed by atoms with Gasteiger partial charge in [-0.25, -0.2) is 0 Å². The van der Waals surface area contributed by atoms with Crippen LogP contribution < -0.4 is 14.8 Å². The Morgan fingerprint density at radius 2 is 2.00 bits per heavy atom. The smallest absolute Gasteiger partial charge is 0.306 e. The summed E-state index contributed by atoms with van der Waals surface area (Å²) >= 11 is 0. The van der Waals surface area contributed by atoms with E-state index in [0.29, 0.717) is 24.5 Å². The van der Waals surface area contributed by atoms with Crippen LogP contribution in [-0.2, 0) is 4.79 Å². The molecule has 0 saturated heterocycles. The van der Waals surface area contributed by atoms with Crippen molar-refractivity contribution in [1.29, 1.82) is 0 Å². The number of rotatable bonds is 7. The fourth-order valence-electron chi connectivity index (χ4n) is 1.50. The van der Waals surface area contributed by atoms with E-state index < -0.39 is 5.97 Å². The van der Waals surface area contributed by atoms with Crippen LogP contribution in [0.4, 0.5) is 5.69 Å². The maximum Gasteiger partial charge on any atom is 0.306 e. The van der Waals surface area contributed by atoms with Gasteiger partial charge in [-0.15, -0.1) is 0 Å². The van der Waals surface area contributed by atoms with E-state index >= 15 is 0 Å². The normalized spacial score (nSPS) is 11.7. The summed E-state index contributed by atoms with van der Waals surface area (Å²) in [6.45, 7) is 2.29. The second kappa shape index (κ2) is 6.74. The molecule has 5 nitrogen and oxygen atoms in total. The Morgan fingerprint density at radius 3 is 2.56 bits per heavy atom. The highest BCUT2D eigenvalue weighted by atomic mass is 16.5. The molecule has 0 fully saturated rings. The molecule has 0 radical (unpaired) electrons. The minimum Gasteiger partial charge on any atom is -0.493 e. The first-order valence-corrected chi connectivity index (χ1v) is 5.77. The van der Waals surface area contributed by atoms with Gasteiger partial charge in [-0.1, -0.05) is 6.92 Å². The lowest BCUT2D eigenvalue weighted by atomic mass is 10.1. The number of carboxylic acid groups (broad SMARTS) is 1. The molecule has 0 saturated carbocycles. The Morgan fingerprint density at radius 1 is 1.33 bits per heavy atom. The summed E-state index contributed by atoms with van der Waals surface area (Å²) < 4.78 is 10.3. The summed E-state index contributed by atoms with van der Waals surface area (Å²) in [6.07, 6.45) is 0.573. The lowest BCUT2D eigenvalue weighted by molar-refractivity contribution is -0.141. The van der Waals surface area contributed by atoms with Crippen molar-refractivity contribution >= 4 is 11.7 Å². The lowest BCUT2D eigenvalue weighted by Gasteiger charge is -2.12. The largest absolute Gasteiger partial charge is 0.493 e. The number of carbonyl (C=O) groups is 1. The first-order valence-electron chi connectivity index (χ1n) is 5.77. The zero-order chi connectivity index (χ0) is 13.5. The van der Waals surface area contributed by atoms with Crippen molar-refractivity contribution in [3.05, 3.63) is 18.2 Å². The average Bonchev–Trinajstić information content (AvgIpc) is 2.38. The van der Waals surface area contributed by atoms with Gasteiger partial charge >= 0.3 is 5.97 Å². The quantitative estimate of drug-likeness (QED) is 0.780. The van der Waals surface area contributed by atoms with Crippen LogP contribution in [0.2, 0.25) is 0 Å². The maximum absolute atomic E-state index is 10.7. The van der Waals surface area contributed by atoms with Gasteiger partial charge in [0.15, 0.2) is 11.5 Å². The molecule has 0 aliphatic rings. The van der Waals surface area contributed by atoms with E-state index in [0.717, 1.165) is 5.69 Å². The summed E-state index contributed by atoms with van der Waals surface area (Å²) in [4.78, 5) is 10.7. The van der Waals surface area contributed by atoms with Gasteiger partial charge in [0.25, 0.3) is 0 Å². The van der Waals surface area contributed by atoms with Crippen molar-refractivity contribution in [3.8, 4) is 11.5 Å². The third-order valence-corrected chi connectivity index (χ3v) is 2.71. The molecule has 0 aliphatic carbocycles. The van der Waals surface area contributed by atoms with Crippen LogP contribution in [0, 0.1) is 5.92 Å². The fraction of sp³-hybridized carbons (Fsp3) is 0.462. The summed E-state index contributed by atoms with van der Waals surface area (Å²) in [5, 5.41) is 11.9. The number of hydrogen-bond donors (Lipinski definition) is 2. The van der Waals surface area contributed by atoms with Crippen LogP contribution >= 0.6 is 0 Å². The first kappa shape index (κ1) is 14.2. The van der Waals surface area contributed by atoms with Crippen molar-refractivity contribution < 1.29 is 19.4 Å². The van der Waals surface area contributed by atoms with Gasteiger partial charge in [0, 0.05) is 18.3 Å². The summed E-state index contributed by atoms with van der Waals surface area (Å²) in [5.74, 6) is 0.192. The number of anilines is 1. The van der Waals surface area contributed by atoms with Crippen LogP contribution in [0.1, 0.15) is 13.3 Å². The van der Waals surface area contributed by atoms with E-state index in [-0.39, 0.29) is 5.92 Å². The zero-order valence-electron chi connectivity index (χ0n) is 10.9. The summed E-state index contributed by atoms with van der Waals surface area (Å²) in [6, 6.07) is 5.50. The highest BCUT2D eigenvalue weighted by Crippen LogP contribution is 2.29. The van der Waals surface area contributed by atoms with E-state index in [1.165, 1.54) is 0 Å². The molecule has 1 aromatic rings. The van der Waals surface area contributed by atoms with Crippen LogP contribution in [-0.4, -0.2) is 31.8 Å². The van der Waals surface area contributed by atoms with Crippen molar-refractivity contribution in [2.45, 2.75) is 13.3 Å². The fourth-order valence-corrected chi connectivity index (χ4v) is 1.50. The molecule has 5 heteroatoms. The van der Waals surface area contributed by atoms with Gasteiger partial charge in [0.2, 0.25) is 0 Å². The molecule has 0 amide bonds. The van der Waals surface area contributed by atoms with E-state index in [1.54, 1.807) is 21.1 Å². The second-order valence-electron chi connectivity index (χ2n) is 4.02. The Kier molecular flexibility index (Phi) is 5.30. The Hall–Kier alpha value is -1.91. The SMILES string of the molecule is COc1ccc(NCCC(C)C(=O)O)cc1OC. The highest BCUT2D eigenvalue weighted by Gasteiger charge is 2.10. The molecule has 18 heavy (non-hydrogen) atoms. The number of aliphatic carboxylic acids is 1. The van der Waals surface area contributed by atoms with Crippen molar-refractivity contribution in [3.63, 3.8) is 0 Å². The Labute approximate surface area is 107 Å². The summed E-state index contributed by atoms with van der Waals surface area (Å²) in [7, 11) is 3.16. The van der Waals surface area contributed by atoms with Gasteiger partial charge in [-0.05, 0) is 18.6 Å². The summed E-state index contributed by atoms with van der Waals surface area (Å²) in [5.41, 5.74) is 0.880. The standard InChI is InChI=1S/C13H19NO4/c1-9(13(15)16)6-7-14-10-4-5-11(17-2)12(8-10)18-3/h4-5,8-9,14H,6-7H2,1-3H3,(H,15,16). The van der Waals surface area contributed by atoms with Crippen LogP contribution in [0.25, 0.3) is 0 Å². The number of carboxylic acids is 1. The Bertz CT molecular complexity index is 406. The topological polar surface area (TPSA) is 67.8 Å². The van der Waals surface area contributed by atoms with Crippen LogP contribution in [0.5, 0.6) is 11.5 Å². The molecule has 1 atom stereocenters. The maximum atomic E-state index is 10.7. The molecule has 2 N–H and O–H groups in total. The van der Waals surface area contributed by atoms with Gasteiger partial charge in [0.05, 0.1) is 20.1 Å². The molecular weight excluding hydrogens is 234 g/mol. The van der Waals surface area contributed by atoms with E-state index in [2.05, 4.69) is 5.32 Å². The number of ether oxygens (including phenoxy) is 2. The minimum absolute atomic E-state index is 0.349. The predicted octanol–water partition coefficient (Wildman–Crippen LogP) is 2.23. The third kappa shape index (κ3) is 3.84. The Balaban J connectivity index is 2.55. The first-order chi connectivity index (χ1) is 8.58. The molecule has 1 unspecified atom stereocenters. The van der Waals surface area contributed by atoms with Gasteiger partial charge < -0.3 is 19.9 Å².